The van der Waals surface area contributed by atoms with Gasteiger partial charge in [0.2, 0.25) is 11.8 Å². The maximum atomic E-state index is 13.2. The predicted octanol–water partition coefficient (Wildman–Crippen LogP) is 2.73. The fraction of sp³-hybridized carbons (Fsp3) is 0.400. The molecule has 2 aromatic carbocycles. The minimum atomic E-state index is -0.331. The van der Waals surface area contributed by atoms with Crippen LogP contribution >= 0.6 is 0 Å². The molecule has 2 heterocycles. The lowest BCUT2D eigenvalue weighted by Gasteiger charge is -2.42. The maximum absolute atomic E-state index is 13.2. The number of rotatable bonds is 5. The summed E-state index contributed by atoms with van der Waals surface area (Å²) in [6.45, 7) is 2.18. The van der Waals surface area contributed by atoms with Crippen molar-refractivity contribution in [3.05, 3.63) is 59.7 Å². The van der Waals surface area contributed by atoms with Gasteiger partial charge in [-0.3, -0.25) is 14.4 Å². The van der Waals surface area contributed by atoms with Crippen LogP contribution in [0.4, 0.5) is 5.69 Å². The lowest BCUT2D eigenvalue weighted by molar-refractivity contribution is -0.134. The average molecular weight is 452 g/mol. The van der Waals surface area contributed by atoms with Crippen molar-refractivity contribution >= 4 is 23.4 Å². The smallest absolute Gasteiger partial charge is 0.257 e. The second kappa shape index (κ2) is 10.0. The number of ether oxygens (including phenoxy) is 2. The normalized spacial score (nSPS) is 22.2. The van der Waals surface area contributed by atoms with Gasteiger partial charge >= 0.3 is 0 Å². The molecule has 1 saturated heterocycles. The molecule has 0 radical (unpaired) electrons. The third-order valence-corrected chi connectivity index (χ3v) is 6.08. The van der Waals surface area contributed by atoms with E-state index < -0.39 is 0 Å². The summed E-state index contributed by atoms with van der Waals surface area (Å²) in [5.74, 6) is -0.00302. The van der Waals surface area contributed by atoms with Gasteiger partial charge in [-0.15, -0.1) is 0 Å². The number of hydrogen-bond donors (Lipinski definition) is 2. The minimum Gasteiger partial charge on any atom is -0.490 e. The van der Waals surface area contributed by atoms with Crippen molar-refractivity contribution in [2.24, 2.45) is 0 Å². The zero-order valence-corrected chi connectivity index (χ0v) is 18.9. The van der Waals surface area contributed by atoms with Crippen LogP contribution in [0.25, 0.3) is 0 Å². The second-order valence-corrected chi connectivity index (χ2v) is 8.53. The summed E-state index contributed by atoms with van der Waals surface area (Å²) < 4.78 is 12.2. The van der Waals surface area contributed by atoms with Gasteiger partial charge in [-0.25, -0.2) is 0 Å². The summed E-state index contributed by atoms with van der Waals surface area (Å²) in [4.78, 5) is 38.7. The Balaban J connectivity index is 1.39. The zero-order valence-electron chi connectivity index (χ0n) is 18.9. The maximum Gasteiger partial charge on any atom is 0.257 e. The van der Waals surface area contributed by atoms with E-state index in [-0.39, 0.29) is 49.0 Å². The number of anilines is 1. The molecule has 0 aromatic heterocycles. The number of likely N-dealkylation sites (N-methyl/N-ethyl adjacent to an activating group) is 1. The Morgan fingerprint density at radius 2 is 1.91 bits per heavy atom. The molecule has 8 heteroatoms. The van der Waals surface area contributed by atoms with Crippen LogP contribution in [0, 0.1) is 0 Å². The van der Waals surface area contributed by atoms with Crippen LogP contribution in [0.1, 0.15) is 42.1 Å². The molecule has 3 amide bonds. The summed E-state index contributed by atoms with van der Waals surface area (Å²) in [6, 6.07) is 14.6. The van der Waals surface area contributed by atoms with Crippen LogP contribution in [0.3, 0.4) is 0 Å². The highest BCUT2D eigenvalue weighted by molar-refractivity contribution is 5.99. The molecule has 0 bridgehead atoms. The summed E-state index contributed by atoms with van der Waals surface area (Å²) in [5, 5.41) is 5.64. The molecule has 2 N–H and O–H groups in total. The molecule has 0 saturated carbocycles. The lowest BCUT2D eigenvalue weighted by atomic mass is 9.94. The molecule has 1 fully saturated rings. The Hall–Kier alpha value is -3.39. The Bertz CT molecular complexity index is 1030. The zero-order chi connectivity index (χ0) is 23.4. The number of carbonyl (C=O) groups excluding carboxylic acids is 3. The van der Waals surface area contributed by atoms with Gasteiger partial charge in [-0.2, -0.15) is 0 Å². The number of nitrogens with zero attached hydrogens (tertiary/aromatic N) is 1. The summed E-state index contributed by atoms with van der Waals surface area (Å²) in [6.07, 6.45) is 1.10. The van der Waals surface area contributed by atoms with Crippen molar-refractivity contribution in [1.82, 2.24) is 10.2 Å². The highest BCUT2D eigenvalue weighted by Crippen LogP contribution is 2.32. The Morgan fingerprint density at radius 1 is 1.12 bits per heavy atom. The highest BCUT2D eigenvalue weighted by Gasteiger charge is 2.39. The average Bonchev–Trinajstić information content (AvgIpc) is 2.81. The SMILES string of the molecule is CC(=O)Nc1ccc2c(c1)C(=O)N(C)[C@H]1CC[C@@H](CC(=O)NCc3ccccc3)O[C@@H]1CO2. The predicted molar refractivity (Wildman–Crippen MR) is 123 cm³/mol. The van der Waals surface area contributed by atoms with Gasteiger partial charge < -0.3 is 25.0 Å². The summed E-state index contributed by atoms with van der Waals surface area (Å²) in [5.41, 5.74) is 2.00. The molecule has 2 aliphatic heterocycles. The largest absolute Gasteiger partial charge is 0.490 e. The van der Waals surface area contributed by atoms with Gasteiger partial charge in [0.25, 0.3) is 5.91 Å². The molecular formula is C25H29N3O5. The first-order chi connectivity index (χ1) is 15.9. The Morgan fingerprint density at radius 3 is 2.67 bits per heavy atom. The third kappa shape index (κ3) is 5.51. The number of benzene rings is 2. The Kier molecular flexibility index (Phi) is 6.93. The van der Waals surface area contributed by atoms with Crippen molar-refractivity contribution < 1.29 is 23.9 Å². The van der Waals surface area contributed by atoms with Crippen molar-refractivity contribution in [2.75, 3.05) is 19.0 Å². The van der Waals surface area contributed by atoms with Crippen molar-refractivity contribution in [3.63, 3.8) is 0 Å². The first-order valence-electron chi connectivity index (χ1n) is 11.2. The van der Waals surface area contributed by atoms with Gasteiger partial charge in [0.1, 0.15) is 18.5 Å². The van der Waals surface area contributed by atoms with Crippen LogP contribution in [-0.4, -0.2) is 54.5 Å². The van der Waals surface area contributed by atoms with Gasteiger partial charge in [0.05, 0.1) is 24.1 Å². The van der Waals surface area contributed by atoms with Crippen LogP contribution < -0.4 is 15.4 Å². The molecule has 174 valence electrons. The van der Waals surface area contributed by atoms with Crippen LogP contribution in [0.2, 0.25) is 0 Å². The summed E-state index contributed by atoms with van der Waals surface area (Å²) >= 11 is 0. The molecule has 0 unspecified atom stereocenters. The topological polar surface area (TPSA) is 97.0 Å². The molecule has 4 rings (SSSR count). The molecule has 33 heavy (non-hydrogen) atoms. The number of amides is 3. The number of fused-ring (bicyclic) bond motifs is 2. The second-order valence-electron chi connectivity index (χ2n) is 8.53. The molecule has 2 aliphatic rings. The summed E-state index contributed by atoms with van der Waals surface area (Å²) in [7, 11) is 1.76. The Labute approximate surface area is 193 Å². The number of hydrogen-bond acceptors (Lipinski definition) is 5. The van der Waals surface area contributed by atoms with Crippen molar-refractivity contribution in [2.45, 2.75) is 51.0 Å². The number of carbonyl (C=O) groups is 3. The van der Waals surface area contributed by atoms with E-state index in [0.29, 0.717) is 36.4 Å². The van der Waals surface area contributed by atoms with Crippen LogP contribution in [0.15, 0.2) is 48.5 Å². The van der Waals surface area contributed by atoms with E-state index in [1.807, 2.05) is 30.3 Å². The van der Waals surface area contributed by atoms with Crippen LogP contribution in [0.5, 0.6) is 5.75 Å². The van der Waals surface area contributed by atoms with E-state index in [1.54, 1.807) is 30.1 Å². The molecular weight excluding hydrogens is 422 g/mol. The molecule has 0 spiro atoms. The quantitative estimate of drug-likeness (QED) is 0.729. The monoisotopic (exact) mass is 451 g/mol. The minimum absolute atomic E-state index is 0.0608. The van der Waals surface area contributed by atoms with E-state index >= 15 is 0 Å². The molecule has 0 aliphatic carbocycles. The fourth-order valence-corrected chi connectivity index (χ4v) is 4.38. The van der Waals surface area contributed by atoms with E-state index in [1.165, 1.54) is 6.92 Å². The molecule has 8 nitrogen and oxygen atoms in total. The van der Waals surface area contributed by atoms with Crippen molar-refractivity contribution in [3.8, 4) is 5.75 Å². The highest BCUT2D eigenvalue weighted by atomic mass is 16.5. The van der Waals surface area contributed by atoms with E-state index in [0.717, 1.165) is 5.56 Å². The third-order valence-electron chi connectivity index (χ3n) is 6.08. The molecule has 2 aromatic rings. The van der Waals surface area contributed by atoms with Crippen molar-refractivity contribution in [1.29, 1.82) is 0 Å². The van der Waals surface area contributed by atoms with Crippen LogP contribution in [-0.2, 0) is 20.9 Å². The number of nitrogens with one attached hydrogen (secondary N) is 2. The van der Waals surface area contributed by atoms with Gasteiger partial charge in [-0.05, 0) is 36.6 Å². The van der Waals surface area contributed by atoms with E-state index in [9.17, 15) is 14.4 Å². The van der Waals surface area contributed by atoms with E-state index in [2.05, 4.69) is 10.6 Å². The van der Waals surface area contributed by atoms with Gasteiger partial charge in [0, 0.05) is 26.2 Å². The first-order valence-corrected chi connectivity index (χ1v) is 11.2. The van der Waals surface area contributed by atoms with Gasteiger partial charge in [0.15, 0.2) is 0 Å². The van der Waals surface area contributed by atoms with Gasteiger partial charge in [-0.1, -0.05) is 30.3 Å². The lowest BCUT2D eigenvalue weighted by Crippen LogP contribution is -2.53. The fourth-order valence-electron chi connectivity index (χ4n) is 4.38. The molecule has 3 atom stereocenters. The standard InChI is InChI=1S/C25H29N3O5/c1-16(29)27-18-8-11-22-20(12-18)25(31)28(2)21-10-9-19(33-23(21)15-32-22)13-24(30)26-14-17-6-4-3-5-7-17/h3-8,11-12,19,21,23H,9-10,13-15H2,1-2H3,(H,26,30)(H,27,29)/t19-,21-,23+/m0/s1. The first kappa shape index (κ1) is 22.8. The van der Waals surface area contributed by atoms with E-state index in [4.69, 9.17) is 9.47 Å².